The van der Waals surface area contributed by atoms with Crippen molar-refractivity contribution in [1.82, 2.24) is 10.5 Å². The van der Waals surface area contributed by atoms with Gasteiger partial charge in [0.05, 0.1) is 6.07 Å². The highest BCUT2D eigenvalue weighted by Crippen LogP contribution is 2.26. The van der Waals surface area contributed by atoms with Crippen molar-refractivity contribution in [3.63, 3.8) is 0 Å². The van der Waals surface area contributed by atoms with Crippen molar-refractivity contribution < 1.29 is 28.7 Å². The third-order valence-corrected chi connectivity index (χ3v) is 4.82. The lowest BCUT2D eigenvalue weighted by Crippen LogP contribution is -2.43. The van der Waals surface area contributed by atoms with Crippen LogP contribution in [0.3, 0.4) is 0 Å². The summed E-state index contributed by atoms with van der Waals surface area (Å²) in [5.74, 6) is -2.97. The summed E-state index contributed by atoms with van der Waals surface area (Å²) in [6, 6.07) is 10.3. The fourth-order valence-corrected chi connectivity index (χ4v) is 3.23. The highest BCUT2D eigenvalue weighted by molar-refractivity contribution is 6.30. The van der Waals surface area contributed by atoms with Crippen LogP contribution in [0, 0.1) is 5.82 Å². The Kier molecular flexibility index (Phi) is 6.88. The summed E-state index contributed by atoms with van der Waals surface area (Å²) in [5, 5.41) is 24.6. The van der Waals surface area contributed by atoms with Crippen LogP contribution in [0.25, 0.3) is 11.1 Å². The van der Waals surface area contributed by atoms with E-state index in [2.05, 4.69) is 10.5 Å². The molecule has 0 fully saturated rings. The van der Waals surface area contributed by atoms with Gasteiger partial charge in [0.2, 0.25) is 5.76 Å². The zero-order valence-corrected chi connectivity index (χ0v) is 16.8. The van der Waals surface area contributed by atoms with Gasteiger partial charge in [-0.25, -0.2) is 4.39 Å². The average molecular weight is 448 g/mol. The summed E-state index contributed by atoms with van der Waals surface area (Å²) >= 11 is 5.95. The van der Waals surface area contributed by atoms with Gasteiger partial charge in [-0.1, -0.05) is 35.9 Å². The van der Waals surface area contributed by atoms with Crippen LogP contribution in [0.4, 0.5) is 4.39 Å². The molecule has 162 valence electrons. The Morgan fingerprint density at radius 3 is 2.52 bits per heavy atom. The number of hydrogen-bond donors (Lipinski definition) is 4. The predicted molar refractivity (Wildman–Crippen MR) is 110 cm³/mol. The Labute approximate surface area is 181 Å². The van der Waals surface area contributed by atoms with Crippen LogP contribution in [0.2, 0.25) is 5.02 Å². The van der Waals surface area contributed by atoms with E-state index in [1.54, 1.807) is 24.3 Å². The molecule has 3 rings (SSSR count). The quantitative estimate of drug-likeness (QED) is 0.416. The third-order valence-electron chi connectivity index (χ3n) is 4.59. The number of nitrogens with one attached hydrogen (secondary N) is 1. The highest BCUT2D eigenvalue weighted by atomic mass is 35.5. The Hall–Kier alpha value is -3.43. The molecule has 0 aliphatic heterocycles. The normalized spacial score (nSPS) is 12.9. The van der Waals surface area contributed by atoms with Crippen LogP contribution < -0.4 is 11.1 Å². The second kappa shape index (κ2) is 9.59. The fourth-order valence-electron chi connectivity index (χ4n) is 3.05. The number of carbonyl (C=O) groups excluding carboxylic acids is 1. The number of nitrogens with two attached hydrogens (primary N) is 1. The molecule has 0 spiro atoms. The molecular formula is C21H19ClFN3O5. The van der Waals surface area contributed by atoms with Crippen molar-refractivity contribution in [2.24, 2.45) is 5.73 Å². The maximum atomic E-state index is 14.1. The first kappa shape index (κ1) is 22.3. The Bertz CT molecular complexity index is 1090. The molecule has 0 radical (unpaired) electrons. The molecule has 0 bridgehead atoms. The van der Waals surface area contributed by atoms with Gasteiger partial charge in [-0.2, -0.15) is 0 Å². The van der Waals surface area contributed by atoms with Crippen molar-refractivity contribution in [2.45, 2.75) is 24.9 Å². The molecule has 1 unspecified atom stereocenters. The molecule has 1 amide bonds. The van der Waals surface area contributed by atoms with Crippen molar-refractivity contribution in [1.29, 1.82) is 0 Å². The van der Waals surface area contributed by atoms with Crippen molar-refractivity contribution in [2.75, 3.05) is 0 Å². The maximum Gasteiger partial charge on any atom is 0.320 e. The van der Waals surface area contributed by atoms with Gasteiger partial charge in [0, 0.05) is 16.6 Å². The number of hydrogen-bond acceptors (Lipinski definition) is 6. The largest absolute Gasteiger partial charge is 0.491 e. The van der Waals surface area contributed by atoms with Gasteiger partial charge in [-0.3, -0.25) is 9.59 Å². The number of rotatable bonds is 8. The molecule has 2 aromatic carbocycles. The number of carboxylic acids is 1. The lowest BCUT2D eigenvalue weighted by molar-refractivity contribution is -0.138. The highest BCUT2D eigenvalue weighted by Gasteiger charge is 2.23. The first-order chi connectivity index (χ1) is 14.7. The van der Waals surface area contributed by atoms with E-state index < -0.39 is 35.7 Å². The SMILES string of the molecule is N[C@H](CC(Cc1ccc(-c2cc(Cl)ccc2F)cc1)NC(=O)c1cc(O)no1)C(=O)O. The number of carboxylic acid groups (broad SMARTS) is 1. The molecule has 10 heteroatoms. The molecule has 1 aromatic heterocycles. The summed E-state index contributed by atoms with van der Waals surface area (Å²) < 4.78 is 18.8. The molecule has 0 saturated heterocycles. The predicted octanol–water partition coefficient (Wildman–Crippen LogP) is 2.98. The standard InChI is InChI=1S/C21H19ClFN3O5/c22-13-5-6-16(23)15(8-13)12-3-1-11(2-4-12)7-14(9-17(24)21(29)30)25-20(28)18-10-19(27)26-31-18/h1-6,8,10,14,17H,7,9,24H2,(H,25,28)(H,26,27)(H,29,30)/t14?,17-/m1/s1. The maximum absolute atomic E-state index is 14.1. The lowest BCUT2D eigenvalue weighted by atomic mass is 9.97. The number of aliphatic carboxylic acids is 1. The van der Waals surface area contributed by atoms with E-state index in [-0.39, 0.29) is 18.6 Å². The van der Waals surface area contributed by atoms with Crippen LogP contribution >= 0.6 is 11.6 Å². The molecule has 1 heterocycles. The zero-order valence-electron chi connectivity index (χ0n) is 16.1. The lowest BCUT2D eigenvalue weighted by Gasteiger charge is -2.20. The van der Waals surface area contributed by atoms with Gasteiger partial charge in [0.25, 0.3) is 11.8 Å². The first-order valence-electron chi connectivity index (χ1n) is 9.22. The summed E-state index contributed by atoms with van der Waals surface area (Å²) in [5.41, 5.74) is 7.36. The summed E-state index contributed by atoms with van der Waals surface area (Å²) in [6.45, 7) is 0. The second-order valence-corrected chi connectivity index (χ2v) is 7.36. The third kappa shape index (κ3) is 5.80. The van der Waals surface area contributed by atoms with E-state index in [0.717, 1.165) is 11.6 Å². The molecule has 0 aliphatic rings. The smallest absolute Gasteiger partial charge is 0.320 e. The van der Waals surface area contributed by atoms with Crippen LogP contribution in [0.5, 0.6) is 5.88 Å². The fraction of sp³-hybridized carbons (Fsp3) is 0.190. The van der Waals surface area contributed by atoms with Crippen LogP contribution in [-0.2, 0) is 11.2 Å². The van der Waals surface area contributed by atoms with Gasteiger partial charge >= 0.3 is 5.97 Å². The van der Waals surface area contributed by atoms with E-state index in [1.807, 2.05) is 0 Å². The van der Waals surface area contributed by atoms with E-state index >= 15 is 0 Å². The Morgan fingerprint density at radius 2 is 1.90 bits per heavy atom. The van der Waals surface area contributed by atoms with Gasteiger partial charge < -0.3 is 25.8 Å². The summed E-state index contributed by atoms with van der Waals surface area (Å²) in [7, 11) is 0. The number of aromatic hydroxyl groups is 1. The summed E-state index contributed by atoms with van der Waals surface area (Å²) in [6.07, 6.45) is 0.205. The molecule has 31 heavy (non-hydrogen) atoms. The first-order valence-corrected chi connectivity index (χ1v) is 9.60. The minimum atomic E-state index is -1.21. The topological polar surface area (TPSA) is 139 Å². The molecule has 8 nitrogen and oxygen atoms in total. The monoisotopic (exact) mass is 447 g/mol. The summed E-state index contributed by atoms with van der Waals surface area (Å²) in [4.78, 5) is 23.5. The van der Waals surface area contributed by atoms with Gasteiger partial charge in [0.1, 0.15) is 11.9 Å². The average Bonchev–Trinajstić information content (AvgIpc) is 3.17. The number of benzene rings is 2. The Morgan fingerprint density at radius 1 is 1.19 bits per heavy atom. The van der Waals surface area contributed by atoms with Crippen molar-refractivity contribution in [3.8, 4) is 17.0 Å². The van der Waals surface area contributed by atoms with Crippen LogP contribution in [-0.4, -0.2) is 39.3 Å². The number of aromatic nitrogens is 1. The second-order valence-electron chi connectivity index (χ2n) is 6.93. The van der Waals surface area contributed by atoms with E-state index in [1.165, 1.54) is 18.2 Å². The number of halogens is 2. The molecule has 3 aromatic rings. The van der Waals surface area contributed by atoms with E-state index in [9.17, 15) is 19.1 Å². The van der Waals surface area contributed by atoms with Crippen molar-refractivity contribution >= 4 is 23.5 Å². The number of nitrogens with zero attached hydrogens (tertiary/aromatic N) is 1. The van der Waals surface area contributed by atoms with Crippen LogP contribution in [0.1, 0.15) is 22.5 Å². The minimum Gasteiger partial charge on any atom is -0.491 e. The minimum absolute atomic E-state index is 0.0497. The van der Waals surface area contributed by atoms with Gasteiger partial charge in [0.15, 0.2) is 0 Å². The van der Waals surface area contributed by atoms with E-state index in [4.69, 9.17) is 27.0 Å². The van der Waals surface area contributed by atoms with Crippen LogP contribution in [0.15, 0.2) is 53.1 Å². The molecule has 5 N–H and O–H groups in total. The van der Waals surface area contributed by atoms with Crippen molar-refractivity contribution in [3.05, 3.63) is 70.7 Å². The zero-order chi connectivity index (χ0) is 22.5. The number of carbonyl (C=O) groups is 2. The van der Waals surface area contributed by atoms with Gasteiger partial charge in [-0.15, -0.1) is 0 Å². The number of amides is 1. The molecular weight excluding hydrogens is 429 g/mol. The molecule has 0 aliphatic carbocycles. The molecule has 2 atom stereocenters. The van der Waals surface area contributed by atoms with Gasteiger partial charge in [-0.05, 0) is 47.3 Å². The molecule has 0 saturated carbocycles. The van der Waals surface area contributed by atoms with E-state index in [0.29, 0.717) is 16.1 Å². The Balaban J connectivity index is 1.77.